The van der Waals surface area contributed by atoms with Gasteiger partial charge in [0.05, 0.1) is 29.0 Å². The molecule has 0 N–H and O–H groups in total. The largest absolute Gasteiger partial charge is 0.183 e. The van der Waals surface area contributed by atoms with Gasteiger partial charge in [0.15, 0.2) is 0 Å². The minimum Gasteiger partial charge on any atom is -0.183 e. The molecule has 0 saturated heterocycles. The van der Waals surface area contributed by atoms with Gasteiger partial charge in [-0.3, -0.25) is 0 Å². The maximum Gasteiger partial charge on any atom is 0.124 e. The smallest absolute Gasteiger partial charge is 0.124 e. The Kier molecular flexibility index (Phi) is 15.0. The Balaban J connectivity index is 1.27. The average Bonchev–Trinajstić information content (AvgIpc) is 3.90. The van der Waals surface area contributed by atoms with Crippen LogP contribution in [-0.4, -0.2) is 15.0 Å². The van der Waals surface area contributed by atoms with Crippen molar-refractivity contribution in [3.05, 3.63) is 35.0 Å². The molecule has 1 aliphatic heterocycles. The van der Waals surface area contributed by atoms with E-state index in [4.69, 9.17) is 18.9 Å². The van der Waals surface area contributed by atoms with Gasteiger partial charge in [0, 0.05) is 9.75 Å². The van der Waals surface area contributed by atoms with Crippen LogP contribution in [0.1, 0.15) is 142 Å². The number of benzene rings is 1. The van der Waals surface area contributed by atoms with Crippen molar-refractivity contribution >= 4 is 56.4 Å². The van der Waals surface area contributed by atoms with E-state index in [0.29, 0.717) is 5.92 Å². The van der Waals surface area contributed by atoms with Gasteiger partial charge in [0.1, 0.15) is 22.4 Å². The second-order valence-corrected chi connectivity index (χ2v) is 15.6. The quantitative estimate of drug-likeness (QED) is 0.0610. The molecule has 1 unspecified atom stereocenters. The van der Waals surface area contributed by atoms with Crippen molar-refractivity contribution in [2.75, 3.05) is 0 Å². The third-order valence-electron chi connectivity index (χ3n) is 9.48. The number of thiophene rings is 2. The predicted molar refractivity (Wildman–Crippen MR) is 203 cm³/mol. The summed E-state index contributed by atoms with van der Waals surface area (Å²) >= 11 is 4.78. The zero-order valence-electron chi connectivity index (χ0n) is 28.4. The van der Waals surface area contributed by atoms with Crippen molar-refractivity contribution in [2.24, 2.45) is 14.6 Å². The molecule has 5 rings (SSSR count). The van der Waals surface area contributed by atoms with Crippen molar-refractivity contribution in [2.45, 2.75) is 149 Å². The Labute approximate surface area is 289 Å². The van der Waals surface area contributed by atoms with Crippen molar-refractivity contribution in [3.63, 3.8) is 0 Å². The van der Waals surface area contributed by atoms with Gasteiger partial charge in [0.25, 0.3) is 0 Å². The van der Waals surface area contributed by atoms with E-state index in [9.17, 15) is 0 Å². The molecule has 250 valence electrons. The van der Waals surface area contributed by atoms with Crippen LogP contribution in [0.3, 0.4) is 0 Å². The lowest BCUT2D eigenvalue weighted by Gasteiger charge is -2.16. The maximum absolute atomic E-state index is 5.25. The summed E-state index contributed by atoms with van der Waals surface area (Å²) in [5, 5.41) is 14.8. The first-order valence-electron chi connectivity index (χ1n) is 18.4. The fourth-order valence-electron chi connectivity index (χ4n) is 6.86. The van der Waals surface area contributed by atoms with E-state index in [0.717, 1.165) is 40.1 Å². The fraction of sp³-hybridized carbons (Fsp3) is 0.632. The van der Waals surface area contributed by atoms with Gasteiger partial charge < -0.3 is 0 Å². The van der Waals surface area contributed by atoms with Crippen LogP contribution < -0.4 is 0 Å². The number of unbranched alkanes of at least 4 members (excludes halogenated alkanes) is 16. The summed E-state index contributed by atoms with van der Waals surface area (Å²) in [5.74, 6) is 0.614. The highest BCUT2D eigenvalue weighted by atomic mass is 32.1. The third kappa shape index (κ3) is 9.93. The number of hydrogen-bond acceptors (Lipinski definition) is 6. The number of rotatable bonds is 24. The van der Waals surface area contributed by atoms with Crippen LogP contribution in [-0.2, 0) is 17.9 Å². The van der Waals surface area contributed by atoms with E-state index in [1.807, 2.05) is 4.80 Å². The second kappa shape index (κ2) is 19.6. The molecule has 3 aromatic heterocycles. The normalized spacial score (nSPS) is 13.1. The van der Waals surface area contributed by atoms with Crippen LogP contribution in [0.25, 0.3) is 31.9 Å². The Morgan fingerprint density at radius 2 is 0.978 bits per heavy atom. The molecule has 0 aliphatic carbocycles. The van der Waals surface area contributed by atoms with Crippen LogP contribution in [0.4, 0.5) is 11.4 Å². The van der Waals surface area contributed by atoms with E-state index < -0.39 is 0 Å². The number of hydrogen-bond donors (Lipinski definition) is 0. The summed E-state index contributed by atoms with van der Waals surface area (Å²) in [7, 11) is 0. The fourth-order valence-corrected chi connectivity index (χ4v) is 8.96. The van der Waals surface area contributed by atoms with E-state index in [1.54, 1.807) is 22.7 Å². The van der Waals surface area contributed by atoms with Gasteiger partial charge in [-0.25, -0.2) is 0 Å². The predicted octanol–water partition coefficient (Wildman–Crippen LogP) is 14.1. The highest BCUT2D eigenvalue weighted by molar-refractivity contribution is 7.58. The molecule has 0 radical (unpaired) electrons. The van der Waals surface area contributed by atoms with Gasteiger partial charge in [-0.05, 0) is 41.7 Å². The molecule has 8 heteroatoms. The summed E-state index contributed by atoms with van der Waals surface area (Å²) < 4.78 is 9.60. The number of aromatic nitrogens is 3. The van der Waals surface area contributed by atoms with Crippen molar-refractivity contribution in [3.8, 4) is 20.9 Å². The van der Waals surface area contributed by atoms with Crippen LogP contribution in [0.2, 0.25) is 0 Å². The molecular weight excluding hydrogens is 623 g/mol. The molecule has 0 saturated carbocycles. The van der Waals surface area contributed by atoms with Crippen LogP contribution in [0, 0.1) is 5.92 Å². The minimum absolute atomic E-state index is 0.614. The monoisotopic (exact) mass is 677 g/mol. The maximum atomic E-state index is 5.25. The van der Waals surface area contributed by atoms with Gasteiger partial charge in [-0.2, -0.15) is 23.7 Å². The lowest BCUT2D eigenvalue weighted by atomic mass is 9.94. The summed E-state index contributed by atoms with van der Waals surface area (Å²) in [6.45, 7) is 5.49. The number of fused-ring (bicyclic) bond motifs is 2. The van der Waals surface area contributed by atoms with E-state index in [-0.39, 0.29) is 0 Å². The van der Waals surface area contributed by atoms with Crippen LogP contribution in [0.15, 0.2) is 43.8 Å². The first kappa shape index (κ1) is 35.2. The average molecular weight is 678 g/mol. The molecule has 1 aliphatic rings. The first-order valence-corrected chi connectivity index (χ1v) is 20.9. The SMILES string of the molecule is CCCCCCCCCCCCC(CCCCCCCCCC)Cn1nc2c(-c3cccs3)c3c(c(-c4cccs4)c2n1)N=S=N3. The summed E-state index contributed by atoms with van der Waals surface area (Å²) in [4.78, 5) is 4.41. The number of nitrogens with zero attached hydrogens (tertiary/aromatic N) is 5. The Morgan fingerprint density at radius 3 is 1.37 bits per heavy atom. The molecule has 46 heavy (non-hydrogen) atoms. The Morgan fingerprint density at radius 1 is 0.565 bits per heavy atom. The van der Waals surface area contributed by atoms with Crippen molar-refractivity contribution in [1.82, 2.24) is 15.0 Å². The molecule has 0 spiro atoms. The van der Waals surface area contributed by atoms with Crippen LogP contribution in [0.5, 0.6) is 0 Å². The van der Waals surface area contributed by atoms with Gasteiger partial charge in [-0.15, -0.1) is 22.7 Å². The molecule has 1 aromatic carbocycles. The molecule has 4 heterocycles. The molecule has 0 fully saturated rings. The molecule has 1 atom stereocenters. The van der Waals surface area contributed by atoms with E-state index in [2.05, 4.69) is 48.9 Å². The first-order chi connectivity index (χ1) is 22.8. The third-order valence-corrected chi connectivity index (χ3v) is 11.8. The van der Waals surface area contributed by atoms with E-state index >= 15 is 0 Å². The molecule has 0 bridgehead atoms. The van der Waals surface area contributed by atoms with Gasteiger partial charge in [-0.1, -0.05) is 142 Å². The lowest BCUT2D eigenvalue weighted by Crippen LogP contribution is -2.14. The lowest BCUT2D eigenvalue weighted by molar-refractivity contribution is 0.326. The van der Waals surface area contributed by atoms with Gasteiger partial charge in [0.2, 0.25) is 0 Å². The van der Waals surface area contributed by atoms with Crippen molar-refractivity contribution in [1.29, 1.82) is 0 Å². The summed E-state index contributed by atoms with van der Waals surface area (Å²) in [6.07, 6.45) is 27.4. The second-order valence-electron chi connectivity index (χ2n) is 13.2. The molecule has 5 nitrogen and oxygen atoms in total. The Hall–Kier alpha value is -2.16. The molecule has 0 amide bonds. The molecule has 4 aromatic rings. The summed E-state index contributed by atoms with van der Waals surface area (Å²) in [5.41, 5.74) is 6.03. The minimum atomic E-state index is 0.614. The Bertz CT molecular complexity index is 1420. The zero-order chi connectivity index (χ0) is 31.8. The highest BCUT2D eigenvalue weighted by Gasteiger charge is 2.28. The topological polar surface area (TPSA) is 55.4 Å². The standard InChI is InChI=1S/C38H55N5S3/c1-3-5-7-9-11-13-14-16-18-20-24-30(23-19-17-15-12-10-8-6-4-2)29-43-39-35-33(31-25-21-27-44-31)37-38(42-46-41-37)34(36(35)40-43)32-26-22-28-45-32/h21-22,25-28,30H,3-20,23-24,29H2,1-2H3. The summed E-state index contributed by atoms with van der Waals surface area (Å²) in [6, 6.07) is 8.58. The van der Waals surface area contributed by atoms with Gasteiger partial charge >= 0.3 is 0 Å². The van der Waals surface area contributed by atoms with Crippen molar-refractivity contribution < 1.29 is 0 Å². The van der Waals surface area contributed by atoms with E-state index in [1.165, 1.54) is 150 Å². The zero-order valence-corrected chi connectivity index (χ0v) is 30.8. The highest BCUT2D eigenvalue weighted by Crippen LogP contribution is 2.52. The molecular formula is C38H55N5S3. The van der Waals surface area contributed by atoms with Crippen LogP contribution >= 0.6 is 22.7 Å².